The van der Waals surface area contributed by atoms with Crippen molar-refractivity contribution in [2.75, 3.05) is 44.7 Å². The summed E-state index contributed by atoms with van der Waals surface area (Å²) in [5.74, 6) is 1.06. The van der Waals surface area contributed by atoms with E-state index < -0.39 is 5.54 Å². The quantitative estimate of drug-likeness (QED) is 0.870. The van der Waals surface area contributed by atoms with Crippen LogP contribution in [0.15, 0.2) is 24.4 Å². The number of hydrogen-bond acceptors (Lipinski definition) is 5. The largest absolute Gasteiger partial charge is 0.354 e. The van der Waals surface area contributed by atoms with Gasteiger partial charge >= 0.3 is 0 Å². The Balaban J connectivity index is 1.79. The third-order valence-corrected chi connectivity index (χ3v) is 4.07. The number of rotatable bonds is 5. The molecule has 5 nitrogen and oxygen atoms in total. The number of pyridine rings is 1. The lowest BCUT2D eigenvalue weighted by Gasteiger charge is -2.36. The number of aromatic nitrogens is 1. The van der Waals surface area contributed by atoms with Gasteiger partial charge < -0.3 is 10.2 Å². The minimum atomic E-state index is -0.419. The normalized spacial score (nSPS) is 19.4. The van der Waals surface area contributed by atoms with Gasteiger partial charge in [0, 0.05) is 38.9 Å². The van der Waals surface area contributed by atoms with Gasteiger partial charge in [-0.05, 0) is 32.5 Å². The summed E-state index contributed by atoms with van der Waals surface area (Å²) in [4.78, 5) is 9.13. The van der Waals surface area contributed by atoms with Gasteiger partial charge in [0.15, 0.2) is 0 Å². The first-order chi connectivity index (χ1) is 9.67. The summed E-state index contributed by atoms with van der Waals surface area (Å²) in [6, 6.07) is 8.38. The van der Waals surface area contributed by atoms with Crippen LogP contribution in [0, 0.1) is 11.3 Å². The maximum atomic E-state index is 9.16. The Labute approximate surface area is 121 Å². The third-order valence-electron chi connectivity index (χ3n) is 4.07. The molecule has 0 bridgehead atoms. The Morgan fingerprint density at radius 2 is 2.10 bits per heavy atom. The van der Waals surface area contributed by atoms with Crippen molar-refractivity contribution in [1.29, 1.82) is 5.26 Å². The predicted molar refractivity (Wildman–Crippen MR) is 80.6 cm³/mol. The molecule has 1 aromatic heterocycles. The van der Waals surface area contributed by atoms with E-state index >= 15 is 0 Å². The first-order valence-electron chi connectivity index (χ1n) is 7.15. The van der Waals surface area contributed by atoms with Crippen LogP contribution in [0.3, 0.4) is 0 Å². The first-order valence-corrected chi connectivity index (χ1v) is 7.15. The summed E-state index contributed by atoms with van der Waals surface area (Å²) >= 11 is 0. The maximum Gasteiger partial charge on any atom is 0.128 e. The number of anilines is 1. The van der Waals surface area contributed by atoms with Crippen LogP contribution in [-0.2, 0) is 0 Å². The third kappa shape index (κ3) is 3.69. The zero-order valence-corrected chi connectivity index (χ0v) is 12.3. The van der Waals surface area contributed by atoms with E-state index in [2.05, 4.69) is 32.2 Å². The molecule has 0 aromatic carbocycles. The summed E-state index contributed by atoms with van der Waals surface area (Å²) in [7, 11) is 1.85. The molecule has 5 heteroatoms. The molecule has 0 saturated carbocycles. The van der Waals surface area contributed by atoms with Crippen LogP contribution in [0.4, 0.5) is 5.82 Å². The molecule has 0 amide bonds. The average molecular weight is 273 g/mol. The molecule has 0 spiro atoms. The van der Waals surface area contributed by atoms with Gasteiger partial charge in [0.1, 0.15) is 11.4 Å². The second-order valence-corrected chi connectivity index (χ2v) is 5.46. The van der Waals surface area contributed by atoms with Gasteiger partial charge in [0.05, 0.1) is 6.07 Å². The highest BCUT2D eigenvalue weighted by molar-refractivity contribution is 5.38. The van der Waals surface area contributed by atoms with Gasteiger partial charge in [-0.1, -0.05) is 6.07 Å². The van der Waals surface area contributed by atoms with Crippen LogP contribution in [-0.4, -0.2) is 55.2 Å². The fourth-order valence-electron chi connectivity index (χ4n) is 2.36. The molecule has 1 saturated heterocycles. The van der Waals surface area contributed by atoms with Gasteiger partial charge in [-0.15, -0.1) is 0 Å². The van der Waals surface area contributed by atoms with Gasteiger partial charge in [-0.3, -0.25) is 4.90 Å². The van der Waals surface area contributed by atoms with Crippen molar-refractivity contribution in [3.05, 3.63) is 24.4 Å². The lowest BCUT2D eigenvalue weighted by atomic mass is 10.00. The first kappa shape index (κ1) is 14.8. The number of hydrogen-bond donors (Lipinski definition) is 1. The Morgan fingerprint density at radius 1 is 1.35 bits per heavy atom. The summed E-state index contributed by atoms with van der Waals surface area (Å²) in [5.41, 5.74) is -0.419. The Morgan fingerprint density at radius 3 is 2.65 bits per heavy atom. The lowest BCUT2D eigenvalue weighted by Crippen LogP contribution is -2.49. The highest BCUT2D eigenvalue weighted by Crippen LogP contribution is 2.14. The van der Waals surface area contributed by atoms with Crippen molar-refractivity contribution in [3.8, 4) is 6.07 Å². The average Bonchev–Trinajstić information content (AvgIpc) is 2.54. The Bertz CT molecular complexity index is 447. The molecule has 0 radical (unpaired) electrons. The van der Waals surface area contributed by atoms with Crippen LogP contribution in [0.5, 0.6) is 0 Å². The zero-order chi connectivity index (χ0) is 14.4. The number of nitrogens with zero attached hydrogens (tertiary/aromatic N) is 4. The van der Waals surface area contributed by atoms with Gasteiger partial charge in [-0.25, -0.2) is 4.98 Å². The molecule has 0 aliphatic carbocycles. The van der Waals surface area contributed by atoms with E-state index in [0.717, 1.165) is 45.0 Å². The summed E-state index contributed by atoms with van der Waals surface area (Å²) in [5, 5.41) is 12.3. The summed E-state index contributed by atoms with van der Waals surface area (Å²) < 4.78 is 0. The van der Waals surface area contributed by atoms with Crippen molar-refractivity contribution in [2.45, 2.75) is 18.9 Å². The molecule has 1 atom stereocenters. The summed E-state index contributed by atoms with van der Waals surface area (Å²) in [6.45, 7) is 6.97. The Hall–Kier alpha value is -1.64. The maximum absolute atomic E-state index is 9.16. The molecule has 1 aliphatic rings. The van der Waals surface area contributed by atoms with Gasteiger partial charge in [0.2, 0.25) is 0 Å². The van der Waals surface area contributed by atoms with E-state index in [4.69, 9.17) is 5.26 Å². The lowest BCUT2D eigenvalue weighted by molar-refractivity contribution is 0.235. The second kappa shape index (κ2) is 6.69. The van der Waals surface area contributed by atoms with E-state index in [0.29, 0.717) is 0 Å². The molecular weight excluding hydrogens is 250 g/mol. The van der Waals surface area contributed by atoms with Crippen LogP contribution < -0.4 is 10.2 Å². The number of piperazine rings is 1. The monoisotopic (exact) mass is 273 g/mol. The van der Waals surface area contributed by atoms with E-state index in [1.165, 1.54) is 0 Å². The van der Waals surface area contributed by atoms with Crippen molar-refractivity contribution >= 4 is 5.82 Å². The van der Waals surface area contributed by atoms with Crippen LogP contribution in [0.25, 0.3) is 0 Å². The van der Waals surface area contributed by atoms with Crippen LogP contribution >= 0.6 is 0 Å². The second-order valence-electron chi connectivity index (χ2n) is 5.46. The van der Waals surface area contributed by atoms with Gasteiger partial charge in [0.25, 0.3) is 0 Å². The van der Waals surface area contributed by atoms with E-state index in [1.807, 2.05) is 32.3 Å². The number of nitriles is 1. The predicted octanol–water partition coefficient (Wildman–Crippen LogP) is 1.10. The van der Waals surface area contributed by atoms with Crippen molar-refractivity contribution < 1.29 is 0 Å². The van der Waals surface area contributed by atoms with Crippen molar-refractivity contribution in [2.24, 2.45) is 0 Å². The molecular formula is C15H23N5. The minimum absolute atomic E-state index is 0.419. The van der Waals surface area contributed by atoms with Crippen molar-refractivity contribution in [1.82, 2.24) is 15.2 Å². The van der Waals surface area contributed by atoms with E-state index in [-0.39, 0.29) is 0 Å². The molecule has 1 N–H and O–H groups in total. The topological polar surface area (TPSA) is 55.2 Å². The highest BCUT2D eigenvalue weighted by atomic mass is 15.3. The smallest absolute Gasteiger partial charge is 0.128 e. The minimum Gasteiger partial charge on any atom is -0.354 e. The highest BCUT2D eigenvalue weighted by Gasteiger charge is 2.24. The fourth-order valence-corrected chi connectivity index (χ4v) is 2.36. The standard InChI is InChI=1S/C15H23N5/c1-15(13-16,17-2)6-8-19-9-11-20(12-10-19)14-5-3-4-7-18-14/h3-5,7,17H,6,8-12H2,1-2H3. The van der Waals surface area contributed by atoms with E-state index in [9.17, 15) is 0 Å². The molecule has 20 heavy (non-hydrogen) atoms. The molecule has 1 aromatic rings. The molecule has 108 valence electrons. The number of nitrogens with one attached hydrogen (secondary N) is 1. The molecule has 1 fully saturated rings. The van der Waals surface area contributed by atoms with Crippen LogP contribution in [0.1, 0.15) is 13.3 Å². The van der Waals surface area contributed by atoms with E-state index in [1.54, 1.807) is 0 Å². The van der Waals surface area contributed by atoms with Gasteiger partial charge in [-0.2, -0.15) is 5.26 Å². The SMILES string of the molecule is CNC(C)(C#N)CCN1CCN(c2ccccn2)CC1. The Kier molecular flexibility index (Phi) is 4.94. The van der Waals surface area contributed by atoms with Crippen molar-refractivity contribution in [3.63, 3.8) is 0 Å². The zero-order valence-electron chi connectivity index (χ0n) is 12.3. The molecule has 1 aliphatic heterocycles. The summed E-state index contributed by atoms with van der Waals surface area (Å²) in [6.07, 6.45) is 2.69. The fraction of sp³-hybridized carbons (Fsp3) is 0.600. The van der Waals surface area contributed by atoms with Crippen LogP contribution in [0.2, 0.25) is 0 Å². The molecule has 1 unspecified atom stereocenters. The molecule has 2 rings (SSSR count). The molecule has 2 heterocycles.